The Morgan fingerprint density at radius 3 is 2.25 bits per heavy atom. The zero-order valence-corrected chi connectivity index (χ0v) is 12.9. The van der Waals surface area contributed by atoms with Crippen molar-refractivity contribution in [3.8, 4) is 0 Å². The Morgan fingerprint density at radius 1 is 0.917 bits per heavy atom. The maximum Gasteiger partial charge on any atom is 0.336 e. The van der Waals surface area contributed by atoms with Gasteiger partial charge in [0, 0.05) is 5.69 Å². The second kappa shape index (κ2) is 6.93. The maximum atomic E-state index is 11.4. The molecular weight excluding hydrogens is 334 g/mol. The first-order valence-corrected chi connectivity index (χ1v) is 6.63. The van der Waals surface area contributed by atoms with Crippen LogP contribution in [0.4, 0.5) is 11.5 Å². The molecule has 7 nitrogen and oxygen atoms in total. The third-order valence-electron chi connectivity index (χ3n) is 3.29. The van der Waals surface area contributed by atoms with Gasteiger partial charge in [-0.1, -0.05) is 6.07 Å². The highest BCUT2D eigenvalue weighted by molar-refractivity contribution is 6.07. The smallest absolute Gasteiger partial charge is 0.336 e. The fourth-order valence-electron chi connectivity index (χ4n) is 2.22. The van der Waals surface area contributed by atoms with E-state index in [1.807, 2.05) is 0 Å². The number of fused-ring (bicyclic) bond motifs is 1. The lowest BCUT2D eigenvalue weighted by molar-refractivity contribution is 0.0687. The summed E-state index contributed by atoms with van der Waals surface area (Å²) in [5.74, 6) is -1.75. The summed E-state index contributed by atoms with van der Waals surface area (Å²) in [5, 5.41) is 21.6. The van der Waals surface area contributed by atoms with Gasteiger partial charge in [0.25, 0.3) is 0 Å². The van der Waals surface area contributed by atoms with E-state index in [4.69, 9.17) is 5.11 Å². The van der Waals surface area contributed by atoms with E-state index in [0.29, 0.717) is 22.4 Å². The molecule has 0 amide bonds. The summed E-state index contributed by atoms with van der Waals surface area (Å²) >= 11 is 0. The number of benzene rings is 2. The van der Waals surface area contributed by atoms with Crippen molar-refractivity contribution >= 4 is 46.8 Å². The molecule has 3 rings (SSSR count). The number of hydrogen-bond acceptors (Lipinski definition) is 5. The summed E-state index contributed by atoms with van der Waals surface area (Å²) in [6, 6.07) is 10.9. The van der Waals surface area contributed by atoms with Gasteiger partial charge in [-0.25, -0.2) is 19.6 Å². The zero-order valence-electron chi connectivity index (χ0n) is 12.1. The second-order valence-corrected chi connectivity index (χ2v) is 4.73. The van der Waals surface area contributed by atoms with E-state index in [2.05, 4.69) is 15.3 Å². The lowest BCUT2D eigenvalue weighted by Gasteiger charge is -2.10. The Kier molecular flexibility index (Phi) is 4.96. The third kappa shape index (κ3) is 3.26. The molecule has 122 valence electrons. The van der Waals surface area contributed by atoms with E-state index in [0.717, 1.165) is 0 Å². The number of carbonyl (C=O) groups is 2. The molecule has 0 aliphatic carbocycles. The van der Waals surface area contributed by atoms with E-state index in [1.54, 1.807) is 24.3 Å². The summed E-state index contributed by atoms with van der Waals surface area (Å²) in [6.07, 6.45) is 1.34. The van der Waals surface area contributed by atoms with Crippen molar-refractivity contribution in [3.05, 3.63) is 59.9 Å². The van der Waals surface area contributed by atoms with Crippen LogP contribution in [0.5, 0.6) is 0 Å². The molecule has 8 heteroatoms. The number of aromatic nitrogens is 2. The van der Waals surface area contributed by atoms with Crippen LogP contribution in [0.2, 0.25) is 0 Å². The maximum absolute atomic E-state index is 11.4. The number of nitrogens with one attached hydrogen (secondary N) is 1. The number of nitrogens with zero attached hydrogens (tertiary/aromatic N) is 2. The quantitative estimate of drug-likeness (QED) is 0.665. The number of carboxylic acids is 2. The van der Waals surface area contributed by atoms with Crippen LogP contribution in [0.15, 0.2) is 48.8 Å². The van der Waals surface area contributed by atoms with Gasteiger partial charge >= 0.3 is 11.9 Å². The summed E-state index contributed by atoms with van der Waals surface area (Å²) in [4.78, 5) is 30.4. The summed E-state index contributed by atoms with van der Waals surface area (Å²) < 4.78 is 0. The summed E-state index contributed by atoms with van der Waals surface area (Å²) in [7, 11) is 0. The molecule has 2 aromatic carbocycles. The molecule has 0 atom stereocenters. The molecule has 0 spiro atoms. The molecule has 0 aliphatic rings. The van der Waals surface area contributed by atoms with E-state index < -0.39 is 11.9 Å². The molecule has 3 aromatic rings. The third-order valence-corrected chi connectivity index (χ3v) is 3.29. The summed E-state index contributed by atoms with van der Waals surface area (Å²) in [5.41, 5.74) is 1.35. The van der Waals surface area contributed by atoms with Gasteiger partial charge in [0.1, 0.15) is 12.1 Å². The Hall–Kier alpha value is -3.19. The van der Waals surface area contributed by atoms with Gasteiger partial charge in [0.2, 0.25) is 0 Å². The standard InChI is InChI=1S/C16H11N3O4.ClH/c20-15(21)9-4-6-10(7-5-9)19-14-13-11(16(22)23)2-1-3-12(13)17-8-18-14;/h1-8H,(H,20,21)(H,22,23)(H,17,18,19);1H. The van der Waals surface area contributed by atoms with Crippen LogP contribution in [0, 0.1) is 0 Å². The number of rotatable bonds is 4. The Morgan fingerprint density at radius 2 is 1.62 bits per heavy atom. The zero-order chi connectivity index (χ0) is 16.4. The van der Waals surface area contributed by atoms with E-state index in [1.165, 1.54) is 24.5 Å². The van der Waals surface area contributed by atoms with Crippen LogP contribution in [0.3, 0.4) is 0 Å². The monoisotopic (exact) mass is 345 g/mol. The van der Waals surface area contributed by atoms with Crippen LogP contribution in [0.25, 0.3) is 10.9 Å². The molecule has 1 heterocycles. The number of anilines is 2. The SMILES string of the molecule is Cl.O=C(O)c1ccc(Nc2ncnc3cccc(C(=O)O)c23)cc1. The molecule has 24 heavy (non-hydrogen) atoms. The molecule has 0 saturated heterocycles. The van der Waals surface area contributed by atoms with Gasteiger partial charge in [-0.3, -0.25) is 0 Å². The van der Waals surface area contributed by atoms with Crippen molar-refractivity contribution in [2.45, 2.75) is 0 Å². The fourth-order valence-corrected chi connectivity index (χ4v) is 2.22. The first-order valence-electron chi connectivity index (χ1n) is 6.63. The van der Waals surface area contributed by atoms with Gasteiger partial charge in [-0.15, -0.1) is 12.4 Å². The van der Waals surface area contributed by atoms with Crippen molar-refractivity contribution in [2.24, 2.45) is 0 Å². The molecule has 0 saturated carbocycles. The van der Waals surface area contributed by atoms with E-state index in [9.17, 15) is 14.7 Å². The van der Waals surface area contributed by atoms with Crippen molar-refractivity contribution in [2.75, 3.05) is 5.32 Å². The predicted octanol–water partition coefficient (Wildman–Crippen LogP) is 3.19. The molecular formula is C16H12ClN3O4. The van der Waals surface area contributed by atoms with Crippen LogP contribution < -0.4 is 5.32 Å². The number of halogens is 1. The molecule has 0 radical (unpaired) electrons. The normalized spacial score (nSPS) is 10.0. The largest absolute Gasteiger partial charge is 0.478 e. The number of hydrogen-bond donors (Lipinski definition) is 3. The highest BCUT2D eigenvalue weighted by atomic mass is 35.5. The first kappa shape index (κ1) is 17.2. The Bertz CT molecular complexity index is 908. The van der Waals surface area contributed by atoms with Gasteiger partial charge in [0.15, 0.2) is 0 Å². The van der Waals surface area contributed by atoms with Crippen LogP contribution >= 0.6 is 12.4 Å². The topological polar surface area (TPSA) is 112 Å². The molecule has 0 aliphatic heterocycles. The molecule has 0 fully saturated rings. The van der Waals surface area contributed by atoms with Crippen molar-refractivity contribution in [3.63, 3.8) is 0 Å². The molecule has 1 aromatic heterocycles. The minimum atomic E-state index is -1.07. The second-order valence-electron chi connectivity index (χ2n) is 4.73. The Labute approximate surface area is 142 Å². The van der Waals surface area contributed by atoms with E-state index in [-0.39, 0.29) is 23.5 Å². The fraction of sp³-hybridized carbons (Fsp3) is 0. The van der Waals surface area contributed by atoms with Gasteiger partial charge in [-0.05, 0) is 36.4 Å². The van der Waals surface area contributed by atoms with Crippen molar-refractivity contribution in [1.82, 2.24) is 9.97 Å². The number of carboxylic acid groups (broad SMARTS) is 2. The highest BCUT2D eigenvalue weighted by Gasteiger charge is 2.14. The average Bonchev–Trinajstić information content (AvgIpc) is 2.55. The lowest BCUT2D eigenvalue weighted by Crippen LogP contribution is -2.03. The van der Waals surface area contributed by atoms with Gasteiger partial charge < -0.3 is 15.5 Å². The minimum absolute atomic E-state index is 0. The molecule has 3 N–H and O–H groups in total. The molecule has 0 unspecified atom stereocenters. The lowest BCUT2D eigenvalue weighted by atomic mass is 10.1. The van der Waals surface area contributed by atoms with Crippen molar-refractivity contribution < 1.29 is 19.8 Å². The highest BCUT2D eigenvalue weighted by Crippen LogP contribution is 2.26. The first-order chi connectivity index (χ1) is 11.1. The van der Waals surface area contributed by atoms with Gasteiger partial charge in [-0.2, -0.15) is 0 Å². The predicted molar refractivity (Wildman–Crippen MR) is 90.4 cm³/mol. The number of aromatic carboxylic acids is 2. The van der Waals surface area contributed by atoms with Gasteiger partial charge in [0.05, 0.1) is 22.0 Å². The van der Waals surface area contributed by atoms with Crippen LogP contribution in [-0.4, -0.2) is 32.1 Å². The molecule has 0 bridgehead atoms. The van der Waals surface area contributed by atoms with Crippen LogP contribution in [0.1, 0.15) is 20.7 Å². The summed E-state index contributed by atoms with van der Waals surface area (Å²) in [6.45, 7) is 0. The van der Waals surface area contributed by atoms with E-state index >= 15 is 0 Å². The average molecular weight is 346 g/mol. The van der Waals surface area contributed by atoms with Crippen molar-refractivity contribution in [1.29, 1.82) is 0 Å². The van der Waals surface area contributed by atoms with Crippen LogP contribution in [-0.2, 0) is 0 Å². The Balaban J connectivity index is 0.00000208. The minimum Gasteiger partial charge on any atom is -0.478 e.